The molecule has 4 nitrogen and oxygen atoms in total. The Morgan fingerprint density at radius 1 is 1.00 bits per heavy atom. The van der Waals surface area contributed by atoms with Crippen LogP contribution >= 0.6 is 0 Å². The van der Waals surface area contributed by atoms with Gasteiger partial charge in [-0.1, -0.05) is 17.7 Å². The number of hydrogen-bond donors (Lipinski definition) is 0. The van der Waals surface area contributed by atoms with Gasteiger partial charge in [-0.15, -0.1) is 0 Å². The lowest BCUT2D eigenvalue weighted by molar-refractivity contribution is 0.242. The van der Waals surface area contributed by atoms with Crippen molar-refractivity contribution < 1.29 is 13.2 Å². The van der Waals surface area contributed by atoms with E-state index >= 15 is 0 Å². The van der Waals surface area contributed by atoms with Gasteiger partial charge in [0.1, 0.15) is 5.75 Å². The molecule has 2 aromatic rings. The average molecular weight is 317 g/mol. The highest BCUT2D eigenvalue weighted by Crippen LogP contribution is 2.15. The lowest BCUT2D eigenvalue weighted by Gasteiger charge is -2.09. The first kappa shape index (κ1) is 16.2. The summed E-state index contributed by atoms with van der Waals surface area (Å²) in [4.78, 5) is 0.189. The summed E-state index contributed by atoms with van der Waals surface area (Å²) < 4.78 is 33.5. The van der Waals surface area contributed by atoms with Crippen molar-refractivity contribution in [3.8, 4) is 5.75 Å². The third-order valence-electron chi connectivity index (χ3n) is 2.91. The number of aryl methyl sites for hydroxylation is 1. The van der Waals surface area contributed by atoms with E-state index in [0.717, 1.165) is 11.3 Å². The molecule has 0 bridgehead atoms. The van der Waals surface area contributed by atoms with Crippen molar-refractivity contribution in [2.75, 3.05) is 0 Å². The Kier molecular flexibility index (Phi) is 4.98. The largest absolute Gasteiger partial charge is 0.491 e. The fourth-order valence-corrected chi connectivity index (χ4v) is 2.67. The predicted molar refractivity (Wildman–Crippen MR) is 88.2 cm³/mol. The molecule has 116 valence electrons. The molecule has 0 atom stereocenters. The van der Waals surface area contributed by atoms with Gasteiger partial charge in [0, 0.05) is 6.21 Å². The van der Waals surface area contributed by atoms with Crippen molar-refractivity contribution in [3.63, 3.8) is 0 Å². The van der Waals surface area contributed by atoms with Crippen molar-refractivity contribution in [3.05, 3.63) is 59.7 Å². The topological polar surface area (TPSA) is 55.7 Å². The van der Waals surface area contributed by atoms with E-state index in [9.17, 15) is 8.42 Å². The summed E-state index contributed by atoms with van der Waals surface area (Å²) in [6.45, 7) is 5.80. The summed E-state index contributed by atoms with van der Waals surface area (Å²) in [5.74, 6) is 0.744. The molecule has 0 amide bonds. The molecule has 0 heterocycles. The van der Waals surface area contributed by atoms with Gasteiger partial charge in [0.2, 0.25) is 0 Å². The van der Waals surface area contributed by atoms with Gasteiger partial charge in [-0.3, -0.25) is 0 Å². The van der Waals surface area contributed by atoms with Gasteiger partial charge in [0.25, 0.3) is 10.0 Å². The molecule has 0 aliphatic carbocycles. The van der Waals surface area contributed by atoms with Gasteiger partial charge in [0.05, 0.1) is 11.0 Å². The quantitative estimate of drug-likeness (QED) is 0.792. The number of sulfonamides is 1. The van der Waals surface area contributed by atoms with Crippen LogP contribution < -0.4 is 4.74 Å². The predicted octanol–water partition coefficient (Wildman–Crippen LogP) is 3.59. The number of nitrogens with zero attached hydrogens (tertiary/aromatic N) is 1. The van der Waals surface area contributed by atoms with E-state index in [1.165, 1.54) is 6.21 Å². The van der Waals surface area contributed by atoms with Gasteiger partial charge in [0.15, 0.2) is 0 Å². The Labute approximate surface area is 131 Å². The molecule has 22 heavy (non-hydrogen) atoms. The fraction of sp³-hybridized carbons (Fsp3) is 0.235. The van der Waals surface area contributed by atoms with Crippen LogP contribution in [0.25, 0.3) is 0 Å². The maximum absolute atomic E-state index is 12.1. The Bertz CT molecular complexity index is 745. The highest BCUT2D eigenvalue weighted by molar-refractivity contribution is 7.90. The average Bonchev–Trinajstić information content (AvgIpc) is 2.46. The molecule has 0 spiro atoms. The lowest BCUT2D eigenvalue weighted by Crippen LogP contribution is -2.05. The molecule has 2 aromatic carbocycles. The molecular formula is C17H19NO3S. The van der Waals surface area contributed by atoms with E-state index in [-0.39, 0.29) is 11.0 Å². The second kappa shape index (κ2) is 6.75. The van der Waals surface area contributed by atoms with Gasteiger partial charge in [-0.05, 0) is 62.7 Å². The molecule has 0 aromatic heterocycles. The SMILES string of the molecule is Cc1ccc(S(=O)(=O)/N=C\c2ccc(OC(C)C)cc2)cc1. The summed E-state index contributed by atoms with van der Waals surface area (Å²) >= 11 is 0. The smallest absolute Gasteiger partial charge is 0.282 e. The summed E-state index contributed by atoms with van der Waals surface area (Å²) in [7, 11) is -3.67. The summed E-state index contributed by atoms with van der Waals surface area (Å²) in [5, 5.41) is 0. The van der Waals surface area contributed by atoms with E-state index in [2.05, 4.69) is 4.40 Å². The minimum atomic E-state index is -3.67. The Balaban J connectivity index is 2.15. The molecule has 0 aliphatic heterocycles. The number of rotatable bonds is 5. The second-order valence-electron chi connectivity index (χ2n) is 5.26. The third-order valence-corrected chi connectivity index (χ3v) is 4.16. The first-order valence-electron chi connectivity index (χ1n) is 7.00. The van der Waals surface area contributed by atoms with Crippen LogP contribution in [0.5, 0.6) is 5.75 Å². The molecule has 0 aliphatic rings. The van der Waals surface area contributed by atoms with Crippen LogP contribution in [-0.2, 0) is 10.0 Å². The number of hydrogen-bond acceptors (Lipinski definition) is 3. The zero-order chi connectivity index (χ0) is 16.2. The van der Waals surface area contributed by atoms with Crippen LogP contribution in [0.15, 0.2) is 57.8 Å². The highest BCUT2D eigenvalue weighted by Gasteiger charge is 2.10. The highest BCUT2D eigenvalue weighted by atomic mass is 32.2. The molecule has 0 saturated heterocycles. The van der Waals surface area contributed by atoms with Crippen LogP contribution in [0.4, 0.5) is 0 Å². The van der Waals surface area contributed by atoms with E-state index in [1.54, 1.807) is 48.5 Å². The van der Waals surface area contributed by atoms with E-state index in [1.807, 2.05) is 20.8 Å². The first-order chi connectivity index (χ1) is 10.4. The van der Waals surface area contributed by atoms with E-state index in [4.69, 9.17) is 4.74 Å². The molecule has 0 N–H and O–H groups in total. The summed E-state index contributed by atoms with van der Waals surface area (Å²) in [6.07, 6.45) is 1.44. The molecular weight excluding hydrogens is 298 g/mol. The molecule has 2 rings (SSSR count). The van der Waals surface area contributed by atoms with Crippen LogP contribution in [-0.4, -0.2) is 20.7 Å². The first-order valence-corrected chi connectivity index (χ1v) is 8.44. The lowest BCUT2D eigenvalue weighted by atomic mass is 10.2. The minimum absolute atomic E-state index is 0.0985. The van der Waals surface area contributed by atoms with Crippen molar-refractivity contribution >= 4 is 16.2 Å². The maximum atomic E-state index is 12.1. The normalized spacial score (nSPS) is 12.0. The minimum Gasteiger partial charge on any atom is -0.491 e. The maximum Gasteiger partial charge on any atom is 0.282 e. The number of benzene rings is 2. The van der Waals surface area contributed by atoms with Crippen LogP contribution in [0.2, 0.25) is 0 Å². The van der Waals surface area contributed by atoms with Crippen molar-refractivity contribution in [1.82, 2.24) is 0 Å². The summed E-state index contributed by atoms with van der Waals surface area (Å²) in [6, 6.07) is 13.7. The van der Waals surface area contributed by atoms with Crippen molar-refractivity contribution in [2.24, 2.45) is 4.40 Å². The van der Waals surface area contributed by atoms with Gasteiger partial charge < -0.3 is 4.74 Å². The monoisotopic (exact) mass is 317 g/mol. The molecule has 0 unspecified atom stereocenters. The fourth-order valence-electron chi connectivity index (χ4n) is 1.81. The zero-order valence-corrected chi connectivity index (χ0v) is 13.7. The van der Waals surface area contributed by atoms with Crippen LogP contribution in [0.3, 0.4) is 0 Å². The third kappa shape index (κ3) is 4.43. The Hall–Kier alpha value is -2.14. The standard InChI is InChI=1S/C17H19NO3S/c1-13(2)21-16-8-6-15(7-9-16)12-18-22(19,20)17-10-4-14(3)5-11-17/h4-13H,1-3H3/b18-12-. The molecule has 0 fully saturated rings. The summed E-state index contributed by atoms with van der Waals surface area (Å²) in [5.41, 5.74) is 1.70. The molecule has 0 radical (unpaired) electrons. The Morgan fingerprint density at radius 2 is 1.59 bits per heavy atom. The Morgan fingerprint density at radius 3 is 2.14 bits per heavy atom. The zero-order valence-electron chi connectivity index (χ0n) is 12.9. The van der Waals surface area contributed by atoms with Crippen molar-refractivity contribution in [1.29, 1.82) is 0 Å². The van der Waals surface area contributed by atoms with Crippen molar-refractivity contribution in [2.45, 2.75) is 31.8 Å². The van der Waals surface area contributed by atoms with Gasteiger partial charge in [-0.2, -0.15) is 12.8 Å². The number of ether oxygens (including phenoxy) is 1. The molecule has 5 heteroatoms. The van der Waals surface area contributed by atoms with Gasteiger partial charge >= 0.3 is 0 Å². The van der Waals surface area contributed by atoms with E-state index < -0.39 is 10.0 Å². The molecule has 0 saturated carbocycles. The van der Waals surface area contributed by atoms with Crippen LogP contribution in [0, 0.1) is 6.92 Å². The van der Waals surface area contributed by atoms with E-state index in [0.29, 0.717) is 5.56 Å². The second-order valence-corrected chi connectivity index (χ2v) is 6.89. The van der Waals surface area contributed by atoms with Gasteiger partial charge in [-0.25, -0.2) is 0 Å². The van der Waals surface area contributed by atoms with Crippen LogP contribution in [0.1, 0.15) is 25.0 Å².